The predicted octanol–water partition coefficient (Wildman–Crippen LogP) is 2.95. The van der Waals surface area contributed by atoms with Crippen LogP contribution in [0.3, 0.4) is 0 Å². The zero-order chi connectivity index (χ0) is 20.8. The first-order valence-electron chi connectivity index (χ1n) is 8.51. The number of piperidine rings is 1. The normalized spacial score (nSPS) is 16.1. The van der Waals surface area contributed by atoms with E-state index in [1.807, 2.05) is 4.90 Å². The summed E-state index contributed by atoms with van der Waals surface area (Å²) in [6.07, 6.45) is -6.94. The number of nitrogens with one attached hydrogen (secondary N) is 2. The maximum atomic E-state index is 12.6. The second-order valence-electron chi connectivity index (χ2n) is 6.23. The average molecular weight is 414 g/mol. The van der Waals surface area contributed by atoms with Crippen molar-refractivity contribution in [3.05, 3.63) is 23.9 Å². The van der Waals surface area contributed by atoms with Gasteiger partial charge in [0.05, 0.1) is 12.2 Å². The highest BCUT2D eigenvalue weighted by atomic mass is 19.4. The van der Waals surface area contributed by atoms with Gasteiger partial charge < -0.3 is 20.3 Å². The number of anilines is 1. The second kappa shape index (κ2) is 9.30. The highest BCUT2D eigenvalue weighted by Crippen LogP contribution is 2.29. The van der Waals surface area contributed by atoms with Crippen LogP contribution >= 0.6 is 0 Å². The molecule has 2 heterocycles. The molecule has 1 saturated heterocycles. The predicted molar refractivity (Wildman–Crippen MR) is 87.9 cm³/mol. The lowest BCUT2D eigenvalue weighted by atomic mass is 10.1. The molecule has 1 aromatic rings. The summed E-state index contributed by atoms with van der Waals surface area (Å²) in [6.45, 7) is -0.691. The zero-order valence-electron chi connectivity index (χ0n) is 14.7. The molecule has 0 radical (unpaired) electrons. The van der Waals surface area contributed by atoms with Gasteiger partial charge in [-0.25, -0.2) is 9.78 Å². The van der Waals surface area contributed by atoms with E-state index in [1.165, 1.54) is 6.07 Å². The van der Waals surface area contributed by atoms with E-state index in [0.717, 1.165) is 12.3 Å². The lowest BCUT2D eigenvalue weighted by Gasteiger charge is -2.33. The van der Waals surface area contributed by atoms with Crippen LogP contribution in [0.25, 0.3) is 0 Å². The molecular weight excluding hydrogens is 394 g/mol. The van der Waals surface area contributed by atoms with E-state index < -0.39 is 30.6 Å². The molecule has 1 aliphatic heterocycles. The number of alkyl halides is 6. The minimum Gasteiger partial charge on any atom is -0.370 e. The number of halogens is 6. The Morgan fingerprint density at radius 2 is 1.86 bits per heavy atom. The van der Waals surface area contributed by atoms with Crippen LogP contribution in [0.5, 0.6) is 0 Å². The van der Waals surface area contributed by atoms with Crippen LogP contribution in [-0.2, 0) is 10.9 Å². The smallest absolute Gasteiger partial charge is 0.370 e. The number of rotatable bonds is 6. The number of carbonyl (C=O) groups is 1. The molecule has 158 valence electrons. The molecule has 2 N–H and O–H groups in total. The van der Waals surface area contributed by atoms with Gasteiger partial charge in [-0.15, -0.1) is 0 Å². The third-order valence-corrected chi connectivity index (χ3v) is 4.03. The number of hydrogen-bond donors (Lipinski definition) is 2. The largest absolute Gasteiger partial charge is 0.417 e. The fraction of sp³-hybridized carbons (Fsp3) is 0.625. The minimum absolute atomic E-state index is 0.0593. The van der Waals surface area contributed by atoms with Crippen LogP contribution in [0, 0.1) is 0 Å². The molecule has 0 unspecified atom stereocenters. The molecule has 0 atom stereocenters. The van der Waals surface area contributed by atoms with Crippen molar-refractivity contribution >= 4 is 11.8 Å². The monoisotopic (exact) mass is 414 g/mol. The Labute approximate surface area is 157 Å². The maximum absolute atomic E-state index is 12.6. The van der Waals surface area contributed by atoms with Gasteiger partial charge in [-0.2, -0.15) is 26.3 Å². The number of urea groups is 1. The summed E-state index contributed by atoms with van der Waals surface area (Å²) in [5.74, 6) is 0.428. The Morgan fingerprint density at radius 3 is 2.39 bits per heavy atom. The molecule has 12 heteroatoms. The summed E-state index contributed by atoms with van der Waals surface area (Å²) < 4.78 is 77.7. The van der Waals surface area contributed by atoms with E-state index in [0.29, 0.717) is 31.7 Å². The van der Waals surface area contributed by atoms with Gasteiger partial charge >= 0.3 is 18.4 Å². The van der Waals surface area contributed by atoms with Gasteiger partial charge in [-0.3, -0.25) is 0 Å². The summed E-state index contributed by atoms with van der Waals surface area (Å²) in [4.78, 5) is 17.4. The molecule has 28 heavy (non-hydrogen) atoms. The van der Waals surface area contributed by atoms with E-state index in [-0.39, 0.29) is 19.2 Å². The highest BCUT2D eigenvalue weighted by Gasteiger charge is 2.31. The van der Waals surface area contributed by atoms with Gasteiger partial charge in [0.2, 0.25) is 0 Å². The topological polar surface area (TPSA) is 66.5 Å². The van der Waals surface area contributed by atoms with E-state index in [4.69, 9.17) is 0 Å². The Morgan fingerprint density at radius 1 is 1.18 bits per heavy atom. The van der Waals surface area contributed by atoms with Crippen LogP contribution in [0.15, 0.2) is 18.3 Å². The van der Waals surface area contributed by atoms with Crippen molar-refractivity contribution in [3.63, 3.8) is 0 Å². The van der Waals surface area contributed by atoms with Crippen molar-refractivity contribution in [1.29, 1.82) is 0 Å². The van der Waals surface area contributed by atoms with E-state index in [2.05, 4.69) is 20.4 Å². The standard InChI is InChI=1S/C16H20F6N4O2/c17-15(18,19)10-28-8-5-23-14(27)25-12-3-6-26(7-4-12)13-2-1-11(9-24-13)16(20,21)22/h1-2,9,12H,3-8,10H2,(H2,23,25,27). The highest BCUT2D eigenvalue weighted by molar-refractivity contribution is 5.74. The van der Waals surface area contributed by atoms with Crippen LogP contribution in [-0.4, -0.2) is 56.1 Å². The van der Waals surface area contributed by atoms with Gasteiger partial charge in [0, 0.05) is 31.9 Å². The van der Waals surface area contributed by atoms with Crippen molar-refractivity contribution in [2.45, 2.75) is 31.2 Å². The summed E-state index contributed by atoms with van der Waals surface area (Å²) in [7, 11) is 0. The van der Waals surface area contributed by atoms with E-state index >= 15 is 0 Å². The first-order chi connectivity index (χ1) is 13.0. The quantitative estimate of drug-likeness (QED) is 0.555. The molecule has 0 aromatic carbocycles. The Hall–Kier alpha value is -2.24. The number of aromatic nitrogens is 1. The number of ether oxygens (including phenoxy) is 1. The van der Waals surface area contributed by atoms with Crippen molar-refractivity contribution < 1.29 is 35.9 Å². The Kier molecular flexibility index (Phi) is 7.33. The number of carbonyl (C=O) groups excluding carboxylic acids is 1. The molecule has 0 aliphatic carbocycles. The van der Waals surface area contributed by atoms with E-state index in [9.17, 15) is 31.1 Å². The third-order valence-electron chi connectivity index (χ3n) is 4.03. The fourth-order valence-corrected chi connectivity index (χ4v) is 2.65. The van der Waals surface area contributed by atoms with Crippen molar-refractivity contribution in [2.24, 2.45) is 0 Å². The Balaban J connectivity index is 1.67. The summed E-state index contributed by atoms with van der Waals surface area (Å²) >= 11 is 0. The second-order valence-corrected chi connectivity index (χ2v) is 6.23. The summed E-state index contributed by atoms with van der Waals surface area (Å²) in [5, 5.41) is 5.11. The molecule has 1 aromatic heterocycles. The SMILES string of the molecule is O=C(NCCOCC(F)(F)F)NC1CCN(c2ccc(C(F)(F)F)cn2)CC1. The lowest BCUT2D eigenvalue weighted by Crippen LogP contribution is -2.48. The Bertz CT molecular complexity index is 628. The summed E-state index contributed by atoms with van der Waals surface area (Å²) in [5.41, 5.74) is -0.816. The molecule has 2 rings (SSSR count). The van der Waals surface area contributed by atoms with Crippen LogP contribution in [0.2, 0.25) is 0 Å². The molecular formula is C16H20F6N4O2. The fourth-order valence-electron chi connectivity index (χ4n) is 2.65. The molecule has 2 amide bonds. The number of nitrogens with zero attached hydrogens (tertiary/aromatic N) is 2. The van der Waals surface area contributed by atoms with Gasteiger partial charge in [0.15, 0.2) is 0 Å². The minimum atomic E-state index is -4.44. The summed E-state index contributed by atoms with van der Waals surface area (Å²) in [6, 6.07) is 1.62. The van der Waals surface area contributed by atoms with Gasteiger partial charge in [0.1, 0.15) is 12.4 Å². The number of hydrogen-bond acceptors (Lipinski definition) is 4. The third kappa shape index (κ3) is 7.41. The number of pyridine rings is 1. The lowest BCUT2D eigenvalue weighted by molar-refractivity contribution is -0.173. The van der Waals surface area contributed by atoms with E-state index in [1.54, 1.807) is 0 Å². The van der Waals surface area contributed by atoms with Gasteiger partial charge in [0.25, 0.3) is 0 Å². The van der Waals surface area contributed by atoms with Crippen LogP contribution in [0.1, 0.15) is 18.4 Å². The molecule has 0 bridgehead atoms. The molecule has 1 aliphatic rings. The van der Waals surface area contributed by atoms with Crippen molar-refractivity contribution in [3.8, 4) is 0 Å². The molecule has 0 spiro atoms. The average Bonchev–Trinajstić information content (AvgIpc) is 2.60. The first kappa shape index (κ1) is 22.1. The molecule has 6 nitrogen and oxygen atoms in total. The first-order valence-corrected chi connectivity index (χ1v) is 8.51. The van der Waals surface area contributed by atoms with Crippen LogP contribution < -0.4 is 15.5 Å². The zero-order valence-corrected chi connectivity index (χ0v) is 14.7. The van der Waals surface area contributed by atoms with Crippen molar-refractivity contribution in [2.75, 3.05) is 37.7 Å². The van der Waals surface area contributed by atoms with Crippen molar-refractivity contribution in [1.82, 2.24) is 15.6 Å². The molecule has 0 saturated carbocycles. The van der Waals surface area contributed by atoms with Gasteiger partial charge in [-0.05, 0) is 25.0 Å². The maximum Gasteiger partial charge on any atom is 0.417 e. The molecule has 1 fully saturated rings. The van der Waals surface area contributed by atoms with Crippen LogP contribution in [0.4, 0.5) is 37.0 Å². The number of amides is 2. The van der Waals surface area contributed by atoms with Gasteiger partial charge in [-0.1, -0.05) is 0 Å².